The second-order valence-electron chi connectivity index (χ2n) is 0.610. The fourth-order valence-electron chi connectivity index (χ4n) is 0. The number of carbonyl (C=O) groups is 2. The van der Waals surface area contributed by atoms with Gasteiger partial charge >= 0.3 is 87.8 Å². The molecule has 0 aromatic carbocycles. The number of carboxylic acid groups (broad SMARTS) is 2. The van der Waals surface area contributed by atoms with E-state index < -0.39 is 11.9 Å². The zero-order valence-corrected chi connectivity index (χ0v) is 11.6. The third-order valence-electron chi connectivity index (χ3n) is 0.183. The van der Waals surface area contributed by atoms with Crippen molar-refractivity contribution in [3.63, 3.8) is 0 Å². The Morgan fingerprint density at radius 3 is 1.25 bits per heavy atom. The van der Waals surface area contributed by atoms with Gasteiger partial charge < -0.3 is 11.6 Å². The van der Waals surface area contributed by atoms with Crippen LogP contribution in [0.2, 0.25) is 0 Å². The van der Waals surface area contributed by atoms with Crippen molar-refractivity contribution in [3.05, 3.63) is 0 Å². The van der Waals surface area contributed by atoms with Crippen molar-refractivity contribution in [2.45, 2.75) is 0 Å². The molecule has 0 spiro atoms. The molecule has 0 bridgehead atoms. The van der Waals surface area contributed by atoms with Crippen LogP contribution >= 0.6 is 0 Å². The van der Waals surface area contributed by atoms with Gasteiger partial charge in [-0.15, -0.1) is 0 Å². The number of carboxylic acids is 2. The molecular weight excluding hydrogens is 249 g/mol. The summed E-state index contributed by atoms with van der Waals surface area (Å²) in [7, 11) is 0. The Morgan fingerprint density at radius 2 is 1.25 bits per heavy atom. The predicted molar refractivity (Wildman–Crippen MR) is 26.3 cm³/mol. The Hall–Kier alpha value is 1.39. The summed E-state index contributed by atoms with van der Waals surface area (Å²) in [6, 6.07) is 0. The van der Waals surface area contributed by atoms with Crippen LogP contribution in [0, 0.1) is 0 Å². The molecule has 0 fully saturated rings. The average Bonchev–Trinajstić information content (AvgIpc) is 1.36. The first-order chi connectivity index (χ1) is 2.64. The average molecular weight is 255 g/mol. The summed E-state index contributed by atoms with van der Waals surface area (Å²) in [6.45, 7) is 0. The van der Waals surface area contributed by atoms with Gasteiger partial charge in [0.05, 0.1) is 0 Å². The molecule has 0 aliphatic rings. The molecule has 0 aromatic rings. The summed E-state index contributed by atoms with van der Waals surface area (Å²) in [5, 5.41) is 14.8. The van der Waals surface area contributed by atoms with Gasteiger partial charge in [-0.2, -0.15) is 0 Å². The molecule has 0 saturated heterocycles. The van der Waals surface area contributed by atoms with Crippen LogP contribution < -0.4 is 51.4 Å². The van der Waals surface area contributed by atoms with Crippen LogP contribution in [0.15, 0.2) is 0 Å². The van der Waals surface area contributed by atoms with E-state index in [0.29, 0.717) is 0 Å². The van der Waals surface area contributed by atoms with Crippen LogP contribution in [0.25, 0.3) is 0 Å². The van der Waals surface area contributed by atoms with Crippen molar-refractivity contribution < 1.29 is 72.6 Å². The Labute approximate surface area is 107 Å². The molecule has 0 heterocycles. The standard InChI is InChI=1S/C2H2O4.K.Sb.4H/c3-1(4)2(5)6;;;;;;/h(H,3,4)(H,5,6);;;;;;/q;+1;;;;;-1. The van der Waals surface area contributed by atoms with Gasteiger partial charge in [0, 0.05) is 0 Å². The summed E-state index contributed by atoms with van der Waals surface area (Å²) < 4.78 is 0. The molecule has 6 heteroatoms. The zero-order valence-electron chi connectivity index (χ0n) is 5.42. The van der Waals surface area contributed by atoms with Crippen molar-refractivity contribution in [3.8, 4) is 0 Å². The third kappa shape index (κ3) is 10.4. The third-order valence-corrected chi connectivity index (χ3v) is 0.183. The van der Waals surface area contributed by atoms with Crippen molar-refractivity contribution in [2.24, 2.45) is 0 Å². The van der Waals surface area contributed by atoms with Gasteiger partial charge in [0.25, 0.3) is 0 Å². The molecule has 0 aromatic heterocycles. The van der Waals surface area contributed by atoms with Crippen LogP contribution in [-0.4, -0.2) is 46.6 Å². The monoisotopic (exact) mass is 254 g/mol. The van der Waals surface area contributed by atoms with Crippen molar-refractivity contribution in [1.82, 2.24) is 0 Å². The summed E-state index contributed by atoms with van der Waals surface area (Å²) in [4.78, 5) is 18.2. The maximum absolute atomic E-state index is 9.10. The Morgan fingerprint density at radius 1 is 1.12 bits per heavy atom. The molecule has 0 rings (SSSR count). The number of hydrogen-bond donors (Lipinski definition) is 2. The van der Waals surface area contributed by atoms with E-state index in [1.54, 1.807) is 0 Å². The molecule has 0 radical (unpaired) electrons. The predicted octanol–water partition coefficient (Wildman–Crippen LogP) is -4.91. The van der Waals surface area contributed by atoms with E-state index in [0.717, 1.165) is 0 Å². The van der Waals surface area contributed by atoms with Crippen molar-refractivity contribution in [2.75, 3.05) is 0 Å². The molecule has 0 amide bonds. The van der Waals surface area contributed by atoms with E-state index in [1.807, 2.05) is 0 Å². The van der Waals surface area contributed by atoms with E-state index in [-0.39, 0.29) is 77.2 Å². The molecule has 2 N–H and O–H groups in total. The van der Waals surface area contributed by atoms with E-state index >= 15 is 0 Å². The van der Waals surface area contributed by atoms with E-state index in [4.69, 9.17) is 19.8 Å². The quantitative estimate of drug-likeness (QED) is 0.336. The van der Waals surface area contributed by atoms with Gasteiger partial charge in [0.1, 0.15) is 0 Å². The zero-order chi connectivity index (χ0) is 5.15. The van der Waals surface area contributed by atoms with Crippen LogP contribution in [0.4, 0.5) is 0 Å². The van der Waals surface area contributed by atoms with Gasteiger partial charge in [0.2, 0.25) is 0 Å². The van der Waals surface area contributed by atoms with Crippen molar-refractivity contribution in [1.29, 1.82) is 0 Å². The van der Waals surface area contributed by atoms with Gasteiger partial charge in [-0.1, -0.05) is 0 Å². The minimum absolute atomic E-state index is 0. The van der Waals surface area contributed by atoms with Gasteiger partial charge in [-0.3, -0.25) is 0 Å². The number of aliphatic carboxylic acids is 2. The first-order valence-corrected chi connectivity index (χ1v) is 1.11. The summed E-state index contributed by atoms with van der Waals surface area (Å²) in [5.41, 5.74) is 0. The molecule has 4 nitrogen and oxygen atoms in total. The van der Waals surface area contributed by atoms with E-state index in [1.165, 1.54) is 0 Å². The second kappa shape index (κ2) is 8.39. The van der Waals surface area contributed by atoms with Crippen LogP contribution in [0.1, 0.15) is 1.43 Å². The summed E-state index contributed by atoms with van der Waals surface area (Å²) >= 11 is 0. The normalized spacial score (nSPS) is 5.50. The SMILES string of the molecule is O=C(O)C(=O)O.[H-].[K+].[SbH3]. The Balaban J connectivity index is -0.0000000417. The fourth-order valence-corrected chi connectivity index (χ4v) is 0. The molecular formula is C2H6KO4Sb. The molecule has 0 saturated carbocycles. The first kappa shape index (κ1) is 16.2. The molecule has 8 heavy (non-hydrogen) atoms. The number of hydrogen-bond acceptors (Lipinski definition) is 2. The van der Waals surface area contributed by atoms with E-state index in [2.05, 4.69) is 0 Å². The Bertz CT molecular complexity index is 84.6. The molecule has 0 unspecified atom stereocenters. The molecule has 0 aliphatic heterocycles. The van der Waals surface area contributed by atoms with Crippen molar-refractivity contribution >= 4 is 36.4 Å². The van der Waals surface area contributed by atoms with Crippen LogP contribution in [0.5, 0.6) is 0 Å². The van der Waals surface area contributed by atoms with Crippen LogP contribution in [-0.2, 0) is 9.59 Å². The van der Waals surface area contributed by atoms with E-state index in [9.17, 15) is 0 Å². The minimum atomic E-state index is -1.82. The summed E-state index contributed by atoms with van der Waals surface area (Å²) in [6.07, 6.45) is 0. The topological polar surface area (TPSA) is 74.6 Å². The first-order valence-electron chi connectivity index (χ1n) is 1.11. The summed E-state index contributed by atoms with van der Waals surface area (Å²) in [5.74, 6) is -3.65. The van der Waals surface area contributed by atoms with Gasteiger partial charge in [-0.25, -0.2) is 9.59 Å². The fraction of sp³-hybridized carbons (Fsp3) is 0. The molecule has 0 atom stereocenters. The second-order valence-corrected chi connectivity index (χ2v) is 0.610. The van der Waals surface area contributed by atoms with Gasteiger partial charge in [0.15, 0.2) is 0 Å². The molecule has 0 aliphatic carbocycles. The molecule has 44 valence electrons. The Kier molecular flexibility index (Phi) is 17.0. The van der Waals surface area contributed by atoms with Gasteiger partial charge in [-0.05, 0) is 0 Å². The van der Waals surface area contributed by atoms with Crippen LogP contribution in [0.3, 0.4) is 0 Å². The number of rotatable bonds is 0. The maximum atomic E-state index is 9.10.